The van der Waals surface area contributed by atoms with Crippen LogP contribution in [0.2, 0.25) is 0 Å². The summed E-state index contributed by atoms with van der Waals surface area (Å²) in [6.07, 6.45) is 1.58. The molecule has 0 bridgehead atoms. The number of benzene rings is 2. The van der Waals surface area contributed by atoms with Gasteiger partial charge < -0.3 is 10.5 Å². The highest BCUT2D eigenvalue weighted by Crippen LogP contribution is 2.36. The summed E-state index contributed by atoms with van der Waals surface area (Å²) in [6.45, 7) is -0.112. The van der Waals surface area contributed by atoms with Gasteiger partial charge in [0.2, 0.25) is 0 Å². The van der Waals surface area contributed by atoms with Crippen molar-refractivity contribution in [3.8, 4) is 5.75 Å². The van der Waals surface area contributed by atoms with Crippen molar-refractivity contribution in [2.45, 2.75) is 6.54 Å². The van der Waals surface area contributed by atoms with Crippen LogP contribution in [0.5, 0.6) is 5.75 Å². The van der Waals surface area contributed by atoms with E-state index in [2.05, 4.69) is 31.9 Å². The van der Waals surface area contributed by atoms with Crippen molar-refractivity contribution in [3.63, 3.8) is 0 Å². The zero-order valence-electron chi connectivity index (χ0n) is 14.4. The van der Waals surface area contributed by atoms with Crippen LogP contribution >= 0.6 is 43.6 Å². The highest BCUT2D eigenvalue weighted by atomic mass is 79.9. The number of carbonyl (C=O) groups is 3. The number of imide groups is 1. The molecule has 1 aliphatic heterocycles. The van der Waals surface area contributed by atoms with Gasteiger partial charge in [0.15, 0.2) is 6.61 Å². The molecule has 2 aromatic carbocycles. The van der Waals surface area contributed by atoms with Crippen molar-refractivity contribution in [1.82, 2.24) is 4.90 Å². The molecule has 0 saturated carbocycles. The minimum Gasteiger partial charge on any atom is -0.483 e. The van der Waals surface area contributed by atoms with Crippen LogP contribution in [0.3, 0.4) is 0 Å². The van der Waals surface area contributed by atoms with E-state index in [0.29, 0.717) is 11.3 Å². The van der Waals surface area contributed by atoms with E-state index in [1.165, 1.54) is 4.90 Å². The van der Waals surface area contributed by atoms with Crippen molar-refractivity contribution in [1.29, 1.82) is 0 Å². The van der Waals surface area contributed by atoms with Crippen molar-refractivity contribution < 1.29 is 19.1 Å². The number of carbonyl (C=O) groups excluding carboxylic acids is 3. The maximum absolute atomic E-state index is 12.8. The summed E-state index contributed by atoms with van der Waals surface area (Å²) < 4.78 is 6.99. The summed E-state index contributed by atoms with van der Waals surface area (Å²) in [4.78, 5) is 37.6. The molecule has 0 aliphatic carbocycles. The topological polar surface area (TPSA) is 89.7 Å². The molecule has 144 valence electrons. The SMILES string of the molecule is NC(=O)COc1ccc(Br)cc1/C=C1\SC(=O)N(Cc2ccccc2Br)C1=O. The van der Waals surface area contributed by atoms with Gasteiger partial charge in [-0.2, -0.15) is 0 Å². The molecule has 2 N–H and O–H groups in total. The van der Waals surface area contributed by atoms with E-state index in [4.69, 9.17) is 10.5 Å². The monoisotopic (exact) mass is 524 g/mol. The molecule has 0 spiro atoms. The normalized spacial score (nSPS) is 15.4. The molecule has 3 rings (SSSR count). The lowest BCUT2D eigenvalue weighted by atomic mass is 10.1. The van der Waals surface area contributed by atoms with Crippen LogP contribution < -0.4 is 10.5 Å². The summed E-state index contributed by atoms with van der Waals surface area (Å²) >= 11 is 7.66. The van der Waals surface area contributed by atoms with Crippen LogP contribution in [0.4, 0.5) is 4.79 Å². The molecule has 28 heavy (non-hydrogen) atoms. The van der Waals surface area contributed by atoms with Gasteiger partial charge in [0.25, 0.3) is 17.1 Å². The van der Waals surface area contributed by atoms with E-state index in [9.17, 15) is 14.4 Å². The Kier molecular flexibility index (Phi) is 6.58. The van der Waals surface area contributed by atoms with Gasteiger partial charge in [-0.25, -0.2) is 0 Å². The van der Waals surface area contributed by atoms with Crippen LogP contribution in [0.15, 0.2) is 56.3 Å². The molecule has 0 atom stereocenters. The lowest BCUT2D eigenvalue weighted by Crippen LogP contribution is -2.27. The minimum absolute atomic E-state index is 0.174. The van der Waals surface area contributed by atoms with E-state index in [1.807, 2.05) is 24.3 Å². The number of nitrogens with zero attached hydrogens (tertiary/aromatic N) is 1. The Morgan fingerprint density at radius 1 is 1.18 bits per heavy atom. The minimum atomic E-state index is -0.609. The van der Waals surface area contributed by atoms with Gasteiger partial charge in [-0.3, -0.25) is 19.3 Å². The Morgan fingerprint density at radius 2 is 1.93 bits per heavy atom. The second-order valence-electron chi connectivity index (χ2n) is 5.80. The maximum atomic E-state index is 12.8. The van der Waals surface area contributed by atoms with Crippen LogP contribution in [0.25, 0.3) is 6.08 Å². The smallest absolute Gasteiger partial charge is 0.293 e. The standard InChI is InChI=1S/C19H14Br2N2O4S/c20-13-5-6-15(27-10-17(22)24)12(7-13)8-16-18(25)23(19(26)28-16)9-11-3-1-2-4-14(11)21/h1-8H,9-10H2,(H2,22,24)/b16-8-. The lowest BCUT2D eigenvalue weighted by Gasteiger charge is -2.13. The third kappa shape index (κ3) is 4.84. The number of nitrogens with two attached hydrogens (primary N) is 1. The summed E-state index contributed by atoms with van der Waals surface area (Å²) in [5, 5.41) is -0.346. The van der Waals surface area contributed by atoms with Gasteiger partial charge in [-0.05, 0) is 47.7 Å². The van der Waals surface area contributed by atoms with Crippen LogP contribution in [0, 0.1) is 0 Å². The molecule has 9 heteroatoms. The molecule has 3 amide bonds. The van der Waals surface area contributed by atoms with E-state index in [1.54, 1.807) is 24.3 Å². The fraction of sp³-hybridized carbons (Fsp3) is 0.105. The van der Waals surface area contributed by atoms with Crippen LogP contribution in [-0.2, 0) is 16.1 Å². The molecule has 2 aromatic rings. The first kappa shape index (κ1) is 20.6. The van der Waals surface area contributed by atoms with Crippen molar-refractivity contribution in [2.75, 3.05) is 6.61 Å². The highest BCUT2D eigenvalue weighted by molar-refractivity contribution is 9.10. The second kappa shape index (κ2) is 8.93. The number of ether oxygens (including phenoxy) is 1. The Morgan fingerprint density at radius 3 is 2.64 bits per heavy atom. The number of primary amides is 1. The Bertz CT molecular complexity index is 994. The average Bonchev–Trinajstić information content (AvgIpc) is 2.90. The van der Waals surface area contributed by atoms with Crippen molar-refractivity contribution >= 4 is 66.8 Å². The van der Waals surface area contributed by atoms with E-state index in [-0.39, 0.29) is 29.2 Å². The Labute approximate surface area is 182 Å². The predicted octanol–water partition coefficient (Wildman–Crippen LogP) is 4.31. The molecule has 1 heterocycles. The maximum Gasteiger partial charge on any atom is 0.293 e. The summed E-state index contributed by atoms with van der Waals surface area (Å²) in [7, 11) is 0. The number of hydrogen-bond donors (Lipinski definition) is 1. The van der Waals surface area contributed by atoms with Gasteiger partial charge in [-0.1, -0.05) is 50.1 Å². The third-order valence-corrected chi connectivity index (χ3v) is 5.96. The lowest BCUT2D eigenvalue weighted by molar-refractivity contribution is -0.123. The molecule has 1 saturated heterocycles. The van der Waals surface area contributed by atoms with Crippen molar-refractivity contribution in [2.24, 2.45) is 5.73 Å². The second-order valence-corrected chi connectivity index (χ2v) is 8.56. The number of thioether (sulfide) groups is 1. The van der Waals surface area contributed by atoms with Crippen LogP contribution in [-0.4, -0.2) is 28.6 Å². The van der Waals surface area contributed by atoms with Crippen molar-refractivity contribution in [3.05, 3.63) is 67.4 Å². The zero-order chi connectivity index (χ0) is 20.3. The number of halogens is 2. The molecule has 6 nitrogen and oxygen atoms in total. The molecule has 0 aromatic heterocycles. The van der Waals surface area contributed by atoms with E-state index < -0.39 is 5.91 Å². The summed E-state index contributed by atoms with van der Waals surface area (Å²) in [5.74, 6) is -0.603. The molecule has 0 unspecified atom stereocenters. The predicted molar refractivity (Wildman–Crippen MR) is 114 cm³/mol. The molecular formula is C19H14Br2N2O4S. The first-order valence-electron chi connectivity index (χ1n) is 8.04. The van der Waals surface area contributed by atoms with Gasteiger partial charge >= 0.3 is 0 Å². The molecule has 0 radical (unpaired) electrons. The van der Waals surface area contributed by atoms with Gasteiger partial charge in [0, 0.05) is 14.5 Å². The largest absolute Gasteiger partial charge is 0.483 e. The first-order chi connectivity index (χ1) is 13.3. The number of rotatable bonds is 6. The average molecular weight is 526 g/mol. The molecular weight excluding hydrogens is 512 g/mol. The first-order valence-corrected chi connectivity index (χ1v) is 10.4. The van der Waals surface area contributed by atoms with Gasteiger partial charge in [-0.15, -0.1) is 0 Å². The highest BCUT2D eigenvalue weighted by Gasteiger charge is 2.35. The Hall–Kier alpha value is -2.10. The van der Waals surface area contributed by atoms with Crippen LogP contribution in [0.1, 0.15) is 11.1 Å². The molecule has 1 fully saturated rings. The molecule has 1 aliphatic rings. The Balaban J connectivity index is 1.86. The summed E-state index contributed by atoms with van der Waals surface area (Å²) in [5.41, 5.74) is 6.52. The summed E-state index contributed by atoms with van der Waals surface area (Å²) in [6, 6.07) is 12.5. The third-order valence-electron chi connectivity index (χ3n) is 3.79. The van der Waals surface area contributed by atoms with E-state index >= 15 is 0 Å². The quantitative estimate of drug-likeness (QED) is 0.567. The number of hydrogen-bond acceptors (Lipinski definition) is 5. The zero-order valence-corrected chi connectivity index (χ0v) is 18.3. The number of amides is 3. The van der Waals surface area contributed by atoms with E-state index in [0.717, 1.165) is 26.3 Å². The van der Waals surface area contributed by atoms with Gasteiger partial charge in [0.05, 0.1) is 11.4 Å². The van der Waals surface area contributed by atoms with Gasteiger partial charge in [0.1, 0.15) is 5.75 Å². The fourth-order valence-corrected chi connectivity index (χ4v) is 4.11. The fourth-order valence-electron chi connectivity index (χ4n) is 2.49.